The molecule has 120 valence electrons. The summed E-state index contributed by atoms with van der Waals surface area (Å²) in [6.45, 7) is 3.49. The van der Waals surface area contributed by atoms with Gasteiger partial charge in [-0.2, -0.15) is 0 Å². The predicted molar refractivity (Wildman–Crippen MR) is 86.6 cm³/mol. The maximum absolute atomic E-state index is 12.1. The first kappa shape index (κ1) is 17.7. The van der Waals surface area contributed by atoms with Crippen molar-refractivity contribution in [3.8, 4) is 0 Å². The zero-order valence-electron chi connectivity index (χ0n) is 13.2. The molecule has 0 unspecified atom stereocenters. The Hall–Kier alpha value is -1.36. The molecule has 0 amide bonds. The highest BCUT2D eigenvalue weighted by atomic mass is 16.2. The van der Waals surface area contributed by atoms with Crippen molar-refractivity contribution in [1.82, 2.24) is 9.13 Å². The first-order valence-electron chi connectivity index (χ1n) is 8.21. The molecule has 0 spiro atoms. The van der Waals surface area contributed by atoms with E-state index in [2.05, 4.69) is 6.92 Å². The molecular weight excluding hydrogens is 266 g/mol. The van der Waals surface area contributed by atoms with Gasteiger partial charge in [-0.3, -0.25) is 9.36 Å². The van der Waals surface area contributed by atoms with E-state index in [4.69, 9.17) is 5.73 Å². The summed E-state index contributed by atoms with van der Waals surface area (Å²) in [6, 6.07) is 1.45. The lowest BCUT2D eigenvalue weighted by Crippen LogP contribution is -2.40. The van der Waals surface area contributed by atoms with Crippen LogP contribution in [0.4, 0.5) is 0 Å². The van der Waals surface area contributed by atoms with E-state index >= 15 is 0 Å². The molecule has 0 aliphatic carbocycles. The summed E-state index contributed by atoms with van der Waals surface area (Å²) < 4.78 is 2.83. The van der Waals surface area contributed by atoms with E-state index in [-0.39, 0.29) is 17.8 Å². The molecule has 0 aliphatic heterocycles. The van der Waals surface area contributed by atoms with Gasteiger partial charge >= 0.3 is 5.69 Å². The molecule has 0 saturated heterocycles. The molecule has 1 heterocycles. The molecule has 0 fully saturated rings. The average molecular weight is 295 g/mol. The first-order valence-corrected chi connectivity index (χ1v) is 8.21. The van der Waals surface area contributed by atoms with Gasteiger partial charge in [-0.1, -0.05) is 51.9 Å². The Balaban J connectivity index is 2.34. The quantitative estimate of drug-likeness (QED) is 0.636. The Kier molecular flexibility index (Phi) is 8.74. The number of nitrogens with two attached hydrogens (primary N) is 1. The van der Waals surface area contributed by atoms with E-state index in [0.717, 1.165) is 12.8 Å². The van der Waals surface area contributed by atoms with E-state index in [0.29, 0.717) is 13.1 Å². The third-order valence-electron chi connectivity index (χ3n) is 3.74. The molecule has 0 saturated carbocycles. The minimum Gasteiger partial charge on any atom is -0.329 e. The summed E-state index contributed by atoms with van der Waals surface area (Å²) >= 11 is 0. The topological polar surface area (TPSA) is 70.0 Å². The monoisotopic (exact) mass is 295 g/mol. The number of rotatable bonds is 11. The summed E-state index contributed by atoms with van der Waals surface area (Å²) in [5.74, 6) is 0. The Bertz CT molecular complexity index is 505. The van der Waals surface area contributed by atoms with Crippen molar-refractivity contribution in [3.63, 3.8) is 0 Å². The van der Waals surface area contributed by atoms with Crippen LogP contribution in [0, 0.1) is 0 Å². The minimum atomic E-state index is -0.266. The van der Waals surface area contributed by atoms with Crippen molar-refractivity contribution in [1.29, 1.82) is 0 Å². The number of aromatic nitrogens is 2. The van der Waals surface area contributed by atoms with Crippen molar-refractivity contribution in [2.24, 2.45) is 5.73 Å². The molecule has 5 heteroatoms. The molecule has 0 atom stereocenters. The third kappa shape index (κ3) is 6.29. The largest absolute Gasteiger partial charge is 0.331 e. The van der Waals surface area contributed by atoms with Gasteiger partial charge < -0.3 is 10.3 Å². The summed E-state index contributed by atoms with van der Waals surface area (Å²) in [5, 5.41) is 0. The minimum absolute atomic E-state index is 0.240. The van der Waals surface area contributed by atoms with Gasteiger partial charge in [-0.15, -0.1) is 0 Å². The highest BCUT2D eigenvalue weighted by Crippen LogP contribution is 2.08. The van der Waals surface area contributed by atoms with Gasteiger partial charge in [0.05, 0.1) is 0 Å². The fourth-order valence-corrected chi connectivity index (χ4v) is 2.48. The van der Waals surface area contributed by atoms with Crippen LogP contribution in [0.25, 0.3) is 0 Å². The van der Waals surface area contributed by atoms with Crippen molar-refractivity contribution in [3.05, 3.63) is 33.1 Å². The van der Waals surface area contributed by atoms with E-state index in [9.17, 15) is 9.59 Å². The van der Waals surface area contributed by atoms with E-state index in [1.165, 1.54) is 49.2 Å². The van der Waals surface area contributed by atoms with E-state index < -0.39 is 0 Å². The third-order valence-corrected chi connectivity index (χ3v) is 3.74. The highest BCUT2D eigenvalue weighted by Gasteiger charge is 2.03. The van der Waals surface area contributed by atoms with Crippen LogP contribution < -0.4 is 17.0 Å². The van der Waals surface area contributed by atoms with Crippen molar-refractivity contribution in [2.75, 3.05) is 6.54 Å². The van der Waals surface area contributed by atoms with Crippen LogP contribution >= 0.6 is 0 Å². The molecule has 0 aliphatic rings. The highest BCUT2D eigenvalue weighted by molar-refractivity contribution is 4.86. The number of aryl methyl sites for hydroxylation is 1. The predicted octanol–water partition coefficient (Wildman–Crippen LogP) is 2.11. The maximum Gasteiger partial charge on any atom is 0.331 e. The van der Waals surface area contributed by atoms with Crippen LogP contribution in [0.2, 0.25) is 0 Å². The molecule has 1 aromatic rings. The van der Waals surface area contributed by atoms with Crippen LogP contribution in [-0.4, -0.2) is 15.7 Å². The molecular formula is C16H29N3O2. The molecule has 0 aromatic carbocycles. The van der Waals surface area contributed by atoms with E-state index in [1.807, 2.05) is 0 Å². The fraction of sp³-hybridized carbons (Fsp3) is 0.750. The lowest BCUT2D eigenvalue weighted by Gasteiger charge is -2.09. The van der Waals surface area contributed by atoms with Crippen molar-refractivity contribution < 1.29 is 0 Å². The number of unbranched alkanes of at least 4 members (excludes halogenated alkanes) is 7. The zero-order valence-corrected chi connectivity index (χ0v) is 13.2. The normalized spacial score (nSPS) is 11.0. The van der Waals surface area contributed by atoms with Gasteiger partial charge in [0.2, 0.25) is 0 Å². The van der Waals surface area contributed by atoms with Crippen molar-refractivity contribution in [2.45, 2.75) is 71.4 Å². The summed E-state index contributed by atoms with van der Waals surface area (Å²) in [5.41, 5.74) is 4.92. The van der Waals surface area contributed by atoms with Gasteiger partial charge in [0.1, 0.15) is 0 Å². The standard InChI is InChI=1S/C16H29N3O2/c1-2-3-4-5-6-7-8-9-12-18-13-10-15(20)19(14-11-17)16(18)21/h10,13H,2-9,11-12,14,17H2,1H3. The number of hydrogen-bond donors (Lipinski definition) is 1. The van der Waals surface area contributed by atoms with Gasteiger partial charge in [0.25, 0.3) is 5.56 Å². The summed E-state index contributed by atoms with van der Waals surface area (Å²) in [6.07, 6.45) is 11.5. The molecule has 0 bridgehead atoms. The maximum atomic E-state index is 12.1. The van der Waals surface area contributed by atoms with Gasteiger partial charge in [0.15, 0.2) is 0 Å². The second-order valence-corrected chi connectivity index (χ2v) is 5.55. The lowest BCUT2D eigenvalue weighted by molar-refractivity contribution is 0.508. The second kappa shape index (κ2) is 10.4. The molecule has 1 rings (SSSR count). The van der Waals surface area contributed by atoms with Crippen molar-refractivity contribution >= 4 is 0 Å². The molecule has 2 N–H and O–H groups in total. The first-order chi connectivity index (χ1) is 10.2. The Morgan fingerprint density at radius 1 is 0.952 bits per heavy atom. The summed E-state index contributed by atoms with van der Waals surface area (Å²) in [4.78, 5) is 23.7. The molecule has 1 aromatic heterocycles. The molecule has 5 nitrogen and oxygen atoms in total. The van der Waals surface area contributed by atoms with Crippen LogP contribution in [0.15, 0.2) is 21.9 Å². The Morgan fingerprint density at radius 2 is 1.57 bits per heavy atom. The average Bonchev–Trinajstić information content (AvgIpc) is 2.48. The lowest BCUT2D eigenvalue weighted by atomic mass is 10.1. The summed E-state index contributed by atoms with van der Waals surface area (Å²) in [7, 11) is 0. The SMILES string of the molecule is CCCCCCCCCCn1ccc(=O)n(CCN)c1=O. The molecule has 21 heavy (non-hydrogen) atoms. The van der Waals surface area contributed by atoms with Gasteiger partial charge in [0, 0.05) is 31.9 Å². The van der Waals surface area contributed by atoms with Crippen LogP contribution in [0.5, 0.6) is 0 Å². The second-order valence-electron chi connectivity index (χ2n) is 5.55. The van der Waals surface area contributed by atoms with Crippen LogP contribution in [0.1, 0.15) is 58.3 Å². The Morgan fingerprint density at radius 3 is 2.19 bits per heavy atom. The number of hydrogen-bond acceptors (Lipinski definition) is 3. The smallest absolute Gasteiger partial charge is 0.329 e. The van der Waals surface area contributed by atoms with Crippen LogP contribution in [0.3, 0.4) is 0 Å². The van der Waals surface area contributed by atoms with Gasteiger partial charge in [-0.25, -0.2) is 4.79 Å². The van der Waals surface area contributed by atoms with Crippen LogP contribution in [-0.2, 0) is 13.1 Å². The molecule has 0 radical (unpaired) electrons. The number of nitrogens with zero attached hydrogens (tertiary/aromatic N) is 2. The zero-order chi connectivity index (χ0) is 15.5. The Labute approximate surface area is 126 Å². The fourth-order valence-electron chi connectivity index (χ4n) is 2.48. The van der Waals surface area contributed by atoms with E-state index in [1.54, 1.807) is 10.8 Å². The van der Waals surface area contributed by atoms with Gasteiger partial charge in [-0.05, 0) is 6.42 Å².